The Balaban J connectivity index is 0.00000180. The molecule has 8 heteroatoms. The van der Waals surface area contributed by atoms with Crippen molar-refractivity contribution in [1.82, 2.24) is 0 Å². The Bertz CT molecular complexity index is 591. The molecule has 0 unspecified atom stereocenters. The fourth-order valence-electron chi connectivity index (χ4n) is 2.00. The van der Waals surface area contributed by atoms with Crippen LogP contribution in [0, 0.1) is 0 Å². The van der Waals surface area contributed by atoms with Crippen LogP contribution in [0.15, 0.2) is 24.3 Å². The highest BCUT2D eigenvalue weighted by Gasteiger charge is 2.32. The Morgan fingerprint density at radius 3 is 2.32 bits per heavy atom. The molecule has 1 aliphatic heterocycles. The van der Waals surface area contributed by atoms with E-state index in [2.05, 4.69) is 0 Å². The van der Waals surface area contributed by atoms with Crippen molar-refractivity contribution in [3.8, 4) is 0 Å². The minimum Gasteiger partial charge on any atom is -0.318 e. The number of halogens is 1. The quantitative estimate of drug-likeness (QED) is 0.802. The molecule has 1 aromatic rings. The molecule has 1 atom stereocenters. The highest BCUT2D eigenvalue weighted by Crippen LogP contribution is 2.32. The summed E-state index contributed by atoms with van der Waals surface area (Å²) in [5, 5.41) is 0. The molecule has 2 rings (SSSR count). The normalized spacial score (nSPS) is 19.5. The Hall–Kier alpha value is -1.31. The number of hydrogen-bond acceptors (Lipinski definition) is 4. The molecule has 1 amide bonds. The summed E-state index contributed by atoms with van der Waals surface area (Å²) in [7, 11) is -1.88. The highest BCUT2D eigenvalue weighted by molar-refractivity contribution is 7.92. The van der Waals surface area contributed by atoms with E-state index in [0.717, 1.165) is 6.26 Å². The first-order chi connectivity index (χ1) is 8.32. The molecule has 0 bridgehead atoms. The van der Waals surface area contributed by atoms with Gasteiger partial charge in [0.25, 0.3) is 0 Å². The zero-order valence-corrected chi connectivity index (χ0v) is 12.2. The standard InChI is InChI=1S/C11H15N3O3S.ClH/c1-13-9-5-3-4-6-10(9)14(18(2,16)17)7-8(12)11(13)15;/h3-6,8H,7,12H2,1-2H3;1H/t8-;/m0./s1. The lowest BCUT2D eigenvalue weighted by molar-refractivity contribution is -0.119. The summed E-state index contributed by atoms with van der Waals surface area (Å²) in [5.74, 6) is -0.298. The number of sulfonamides is 1. The van der Waals surface area contributed by atoms with Gasteiger partial charge >= 0.3 is 0 Å². The fourth-order valence-corrected chi connectivity index (χ4v) is 2.94. The summed E-state index contributed by atoms with van der Waals surface area (Å²) in [5.41, 5.74) is 6.76. The van der Waals surface area contributed by atoms with Gasteiger partial charge < -0.3 is 10.6 Å². The maximum absolute atomic E-state index is 12.0. The number of carbonyl (C=O) groups excluding carboxylic acids is 1. The Kier molecular flexibility index (Phi) is 4.44. The maximum atomic E-state index is 12.0. The average Bonchev–Trinajstić information content (AvgIpc) is 2.40. The molecule has 0 saturated carbocycles. The predicted molar refractivity (Wildman–Crippen MR) is 77.3 cm³/mol. The average molecular weight is 306 g/mol. The summed E-state index contributed by atoms with van der Waals surface area (Å²) in [6, 6.07) is 5.98. The lowest BCUT2D eigenvalue weighted by Crippen LogP contribution is -2.47. The largest absolute Gasteiger partial charge is 0.318 e. The zero-order valence-electron chi connectivity index (χ0n) is 10.6. The van der Waals surface area contributed by atoms with E-state index in [1.165, 1.54) is 9.21 Å². The Morgan fingerprint density at radius 2 is 1.79 bits per heavy atom. The summed E-state index contributed by atoms with van der Waals surface area (Å²) in [6.45, 7) is -0.0426. The van der Waals surface area contributed by atoms with Crippen LogP contribution >= 0.6 is 12.4 Å². The van der Waals surface area contributed by atoms with E-state index in [-0.39, 0.29) is 24.9 Å². The second-order valence-corrected chi connectivity index (χ2v) is 6.19. The van der Waals surface area contributed by atoms with E-state index in [9.17, 15) is 13.2 Å². The third kappa shape index (κ3) is 2.83. The summed E-state index contributed by atoms with van der Waals surface area (Å²) in [6.07, 6.45) is 1.10. The van der Waals surface area contributed by atoms with Crippen LogP contribution in [-0.4, -0.2) is 40.2 Å². The number of nitrogens with two attached hydrogens (primary N) is 1. The number of hydrogen-bond donors (Lipinski definition) is 1. The number of carbonyl (C=O) groups is 1. The van der Waals surface area contributed by atoms with Crippen LogP contribution in [0.2, 0.25) is 0 Å². The highest BCUT2D eigenvalue weighted by atomic mass is 35.5. The van der Waals surface area contributed by atoms with Crippen LogP contribution < -0.4 is 14.9 Å². The zero-order chi connectivity index (χ0) is 13.5. The minimum atomic E-state index is -3.47. The second kappa shape index (κ2) is 5.36. The van der Waals surface area contributed by atoms with Gasteiger partial charge in [0.15, 0.2) is 0 Å². The van der Waals surface area contributed by atoms with Gasteiger partial charge in [-0.25, -0.2) is 8.42 Å². The Labute approximate surface area is 118 Å². The van der Waals surface area contributed by atoms with Crippen LogP contribution in [0.3, 0.4) is 0 Å². The van der Waals surface area contributed by atoms with Crippen LogP contribution in [0.4, 0.5) is 11.4 Å². The molecule has 106 valence electrons. The summed E-state index contributed by atoms with van der Waals surface area (Å²) in [4.78, 5) is 13.4. The molecule has 0 aliphatic carbocycles. The van der Waals surface area contributed by atoms with E-state index < -0.39 is 16.1 Å². The van der Waals surface area contributed by atoms with Crippen LogP contribution in [0.5, 0.6) is 0 Å². The van der Waals surface area contributed by atoms with Gasteiger partial charge in [0.05, 0.1) is 24.2 Å². The molecule has 2 N–H and O–H groups in total. The maximum Gasteiger partial charge on any atom is 0.245 e. The number of anilines is 2. The number of nitrogens with zero attached hydrogens (tertiary/aromatic N) is 2. The van der Waals surface area contributed by atoms with E-state index in [4.69, 9.17) is 5.73 Å². The predicted octanol–water partition coefficient (Wildman–Crippen LogP) is 0.178. The topological polar surface area (TPSA) is 83.7 Å². The lowest BCUT2D eigenvalue weighted by atomic mass is 10.2. The smallest absolute Gasteiger partial charge is 0.245 e. The molecular weight excluding hydrogens is 290 g/mol. The lowest BCUT2D eigenvalue weighted by Gasteiger charge is -2.23. The van der Waals surface area contributed by atoms with E-state index in [0.29, 0.717) is 11.4 Å². The molecule has 0 aromatic heterocycles. The molecule has 1 aliphatic rings. The van der Waals surface area contributed by atoms with Crippen molar-refractivity contribution in [3.63, 3.8) is 0 Å². The van der Waals surface area contributed by atoms with Crippen LogP contribution in [0.1, 0.15) is 0 Å². The van der Waals surface area contributed by atoms with Crippen molar-refractivity contribution in [2.75, 3.05) is 29.1 Å². The second-order valence-electron chi connectivity index (χ2n) is 4.29. The van der Waals surface area contributed by atoms with Crippen LogP contribution in [-0.2, 0) is 14.8 Å². The van der Waals surface area contributed by atoms with Gasteiger partial charge in [0.2, 0.25) is 15.9 Å². The van der Waals surface area contributed by atoms with Gasteiger partial charge in [-0.3, -0.25) is 9.10 Å². The first kappa shape index (κ1) is 15.7. The van der Waals surface area contributed by atoms with Gasteiger partial charge in [0, 0.05) is 7.05 Å². The number of para-hydroxylation sites is 2. The molecule has 0 radical (unpaired) electrons. The molecule has 0 fully saturated rings. The monoisotopic (exact) mass is 305 g/mol. The van der Waals surface area contributed by atoms with Crippen molar-refractivity contribution in [2.45, 2.75) is 6.04 Å². The first-order valence-electron chi connectivity index (χ1n) is 5.42. The van der Waals surface area contributed by atoms with Gasteiger partial charge in [-0.15, -0.1) is 12.4 Å². The van der Waals surface area contributed by atoms with Gasteiger partial charge in [0.1, 0.15) is 6.04 Å². The third-order valence-corrected chi connectivity index (χ3v) is 4.07. The number of amides is 1. The van der Waals surface area contributed by atoms with Crippen molar-refractivity contribution >= 4 is 39.7 Å². The van der Waals surface area contributed by atoms with Crippen molar-refractivity contribution in [1.29, 1.82) is 0 Å². The molecule has 6 nitrogen and oxygen atoms in total. The molecule has 19 heavy (non-hydrogen) atoms. The summed E-state index contributed by atoms with van der Waals surface area (Å²) < 4.78 is 24.8. The summed E-state index contributed by atoms with van der Waals surface area (Å²) >= 11 is 0. The molecule has 1 heterocycles. The first-order valence-corrected chi connectivity index (χ1v) is 7.27. The molecule has 0 spiro atoms. The van der Waals surface area contributed by atoms with E-state index in [1.54, 1.807) is 31.3 Å². The number of fused-ring (bicyclic) bond motifs is 1. The van der Waals surface area contributed by atoms with Crippen molar-refractivity contribution < 1.29 is 13.2 Å². The number of likely N-dealkylation sites (N-methyl/N-ethyl adjacent to an activating group) is 1. The van der Waals surface area contributed by atoms with Crippen molar-refractivity contribution in [2.24, 2.45) is 5.73 Å². The Morgan fingerprint density at radius 1 is 1.26 bits per heavy atom. The van der Waals surface area contributed by atoms with Gasteiger partial charge in [-0.05, 0) is 12.1 Å². The molecule has 0 saturated heterocycles. The van der Waals surface area contributed by atoms with Gasteiger partial charge in [-0.1, -0.05) is 12.1 Å². The van der Waals surface area contributed by atoms with E-state index >= 15 is 0 Å². The number of benzene rings is 1. The molecule has 1 aromatic carbocycles. The fraction of sp³-hybridized carbons (Fsp3) is 0.364. The SMILES string of the molecule is CN1C(=O)[C@@H](N)CN(S(C)(=O)=O)c2ccccc21.Cl. The van der Waals surface area contributed by atoms with Crippen LogP contribution in [0.25, 0.3) is 0 Å². The molecular formula is C11H16ClN3O3S. The van der Waals surface area contributed by atoms with Crippen molar-refractivity contribution in [3.05, 3.63) is 24.3 Å². The van der Waals surface area contributed by atoms with E-state index in [1.807, 2.05) is 0 Å². The number of rotatable bonds is 1. The third-order valence-electron chi connectivity index (χ3n) is 2.92. The minimum absolute atomic E-state index is 0. The van der Waals surface area contributed by atoms with Gasteiger partial charge in [-0.2, -0.15) is 0 Å².